The van der Waals surface area contributed by atoms with Gasteiger partial charge in [0.05, 0.1) is 6.54 Å². The zero-order chi connectivity index (χ0) is 13.1. The molecule has 0 bridgehead atoms. The van der Waals surface area contributed by atoms with Gasteiger partial charge in [-0.3, -0.25) is 9.69 Å². The van der Waals surface area contributed by atoms with Gasteiger partial charge in [-0.05, 0) is 44.5 Å². The number of hydrogen-bond donors (Lipinski definition) is 0. The van der Waals surface area contributed by atoms with Crippen LogP contribution in [0.15, 0.2) is 18.2 Å². The van der Waals surface area contributed by atoms with E-state index in [1.165, 1.54) is 12.5 Å². The highest BCUT2D eigenvalue weighted by Crippen LogP contribution is 2.17. The van der Waals surface area contributed by atoms with Gasteiger partial charge in [-0.1, -0.05) is 6.42 Å². The fourth-order valence-electron chi connectivity index (χ4n) is 2.34. The summed E-state index contributed by atoms with van der Waals surface area (Å²) < 4.78 is 25.8. The van der Waals surface area contributed by atoms with Crippen molar-refractivity contribution in [2.24, 2.45) is 0 Å². The van der Waals surface area contributed by atoms with E-state index in [1.807, 2.05) is 0 Å². The monoisotopic (exact) mass is 253 g/mol. The molecule has 2 rings (SSSR count). The zero-order valence-corrected chi connectivity index (χ0v) is 10.5. The van der Waals surface area contributed by atoms with E-state index < -0.39 is 11.6 Å². The molecule has 1 fully saturated rings. The summed E-state index contributed by atoms with van der Waals surface area (Å²) in [6.07, 6.45) is 3.37. The van der Waals surface area contributed by atoms with Crippen molar-refractivity contribution in [3.8, 4) is 0 Å². The van der Waals surface area contributed by atoms with Crippen LogP contribution < -0.4 is 0 Å². The average molecular weight is 253 g/mol. The molecule has 0 radical (unpaired) electrons. The van der Waals surface area contributed by atoms with Gasteiger partial charge in [0.2, 0.25) is 0 Å². The average Bonchev–Trinajstić information content (AvgIpc) is 2.35. The third-order valence-corrected chi connectivity index (χ3v) is 3.53. The molecule has 2 nitrogen and oxygen atoms in total. The highest BCUT2D eigenvalue weighted by molar-refractivity contribution is 5.97. The molecule has 1 unspecified atom stereocenters. The van der Waals surface area contributed by atoms with Crippen LogP contribution in [0.25, 0.3) is 0 Å². The van der Waals surface area contributed by atoms with Gasteiger partial charge in [0.25, 0.3) is 0 Å². The van der Waals surface area contributed by atoms with E-state index in [1.54, 1.807) is 0 Å². The van der Waals surface area contributed by atoms with Crippen molar-refractivity contribution in [2.45, 2.75) is 32.2 Å². The Kier molecular flexibility index (Phi) is 4.07. The molecular formula is C14H17F2NO. The van der Waals surface area contributed by atoms with Crippen molar-refractivity contribution in [3.05, 3.63) is 35.4 Å². The Morgan fingerprint density at radius 1 is 1.33 bits per heavy atom. The normalized spacial score (nSPS) is 20.9. The van der Waals surface area contributed by atoms with E-state index in [-0.39, 0.29) is 17.9 Å². The van der Waals surface area contributed by atoms with Gasteiger partial charge in [-0.25, -0.2) is 8.78 Å². The van der Waals surface area contributed by atoms with E-state index >= 15 is 0 Å². The number of halogens is 2. The lowest BCUT2D eigenvalue weighted by molar-refractivity contribution is 0.0860. The standard InChI is InChI=1S/C14H17F2NO/c1-10-4-2-3-7-17(10)9-14(18)11-5-6-12(15)13(16)8-11/h5-6,8,10H,2-4,7,9H2,1H3. The van der Waals surface area contributed by atoms with Crippen LogP contribution in [0.5, 0.6) is 0 Å². The van der Waals surface area contributed by atoms with Gasteiger partial charge >= 0.3 is 0 Å². The molecule has 0 spiro atoms. The number of carbonyl (C=O) groups is 1. The largest absolute Gasteiger partial charge is 0.293 e. The van der Waals surface area contributed by atoms with E-state index in [9.17, 15) is 13.6 Å². The molecular weight excluding hydrogens is 236 g/mol. The van der Waals surface area contributed by atoms with Crippen LogP contribution in [-0.2, 0) is 0 Å². The number of rotatable bonds is 3. The fourth-order valence-corrected chi connectivity index (χ4v) is 2.34. The fraction of sp³-hybridized carbons (Fsp3) is 0.500. The first-order valence-electron chi connectivity index (χ1n) is 6.30. The lowest BCUT2D eigenvalue weighted by atomic mass is 10.0. The van der Waals surface area contributed by atoms with Crippen molar-refractivity contribution in [1.29, 1.82) is 0 Å². The Morgan fingerprint density at radius 3 is 2.78 bits per heavy atom. The maximum Gasteiger partial charge on any atom is 0.176 e. The van der Waals surface area contributed by atoms with E-state index in [0.717, 1.165) is 31.5 Å². The van der Waals surface area contributed by atoms with Crippen LogP contribution in [0.3, 0.4) is 0 Å². The Labute approximate surface area is 106 Å². The van der Waals surface area contributed by atoms with Crippen LogP contribution in [0.1, 0.15) is 36.5 Å². The summed E-state index contributed by atoms with van der Waals surface area (Å²) >= 11 is 0. The van der Waals surface area contributed by atoms with E-state index in [2.05, 4.69) is 11.8 Å². The van der Waals surface area contributed by atoms with Gasteiger partial charge in [-0.15, -0.1) is 0 Å². The Balaban J connectivity index is 2.04. The predicted octanol–water partition coefficient (Wildman–Crippen LogP) is 3.02. The van der Waals surface area contributed by atoms with Gasteiger partial charge in [-0.2, -0.15) is 0 Å². The number of likely N-dealkylation sites (tertiary alicyclic amines) is 1. The smallest absolute Gasteiger partial charge is 0.176 e. The maximum atomic E-state index is 13.1. The third kappa shape index (κ3) is 2.93. The SMILES string of the molecule is CC1CCCCN1CC(=O)c1ccc(F)c(F)c1. The molecule has 1 heterocycles. The zero-order valence-electron chi connectivity index (χ0n) is 10.5. The molecule has 1 atom stereocenters. The van der Waals surface area contributed by atoms with Gasteiger partial charge in [0, 0.05) is 11.6 Å². The highest BCUT2D eigenvalue weighted by atomic mass is 19.2. The van der Waals surface area contributed by atoms with Crippen molar-refractivity contribution in [1.82, 2.24) is 4.90 Å². The predicted molar refractivity (Wildman–Crippen MR) is 65.6 cm³/mol. The molecule has 0 aliphatic carbocycles. The number of ketones is 1. The van der Waals surface area contributed by atoms with Gasteiger partial charge in [0.1, 0.15) is 0 Å². The molecule has 18 heavy (non-hydrogen) atoms. The van der Waals surface area contributed by atoms with Crippen molar-refractivity contribution in [2.75, 3.05) is 13.1 Å². The van der Waals surface area contributed by atoms with Crippen LogP contribution in [-0.4, -0.2) is 29.8 Å². The number of hydrogen-bond acceptors (Lipinski definition) is 2. The first-order valence-corrected chi connectivity index (χ1v) is 6.30. The Bertz CT molecular complexity index is 447. The van der Waals surface area contributed by atoms with Crippen LogP contribution >= 0.6 is 0 Å². The van der Waals surface area contributed by atoms with Crippen LogP contribution in [0, 0.1) is 11.6 Å². The van der Waals surface area contributed by atoms with Gasteiger partial charge < -0.3 is 0 Å². The second kappa shape index (κ2) is 5.57. The van der Waals surface area contributed by atoms with Crippen molar-refractivity contribution in [3.63, 3.8) is 0 Å². The molecule has 1 aromatic carbocycles. The Morgan fingerprint density at radius 2 is 2.11 bits per heavy atom. The van der Waals surface area contributed by atoms with Gasteiger partial charge in [0.15, 0.2) is 17.4 Å². The minimum Gasteiger partial charge on any atom is -0.293 e. The summed E-state index contributed by atoms with van der Waals surface area (Å²) in [7, 11) is 0. The quantitative estimate of drug-likeness (QED) is 0.772. The Hall–Kier alpha value is -1.29. The topological polar surface area (TPSA) is 20.3 Å². The minimum absolute atomic E-state index is 0.150. The van der Waals surface area contributed by atoms with Crippen molar-refractivity contribution < 1.29 is 13.6 Å². The summed E-state index contributed by atoms with van der Waals surface area (Å²) in [6, 6.07) is 3.71. The summed E-state index contributed by atoms with van der Waals surface area (Å²) in [5, 5.41) is 0. The molecule has 1 aliphatic rings. The number of Topliss-reactive ketones (excluding diaryl/α,β-unsaturated/α-hetero) is 1. The molecule has 0 N–H and O–H groups in total. The number of nitrogens with zero attached hydrogens (tertiary/aromatic N) is 1. The van der Waals surface area contributed by atoms with E-state index in [4.69, 9.17) is 0 Å². The summed E-state index contributed by atoms with van der Waals surface area (Å²) in [4.78, 5) is 14.1. The summed E-state index contributed by atoms with van der Waals surface area (Å²) in [6.45, 7) is 3.28. The van der Waals surface area contributed by atoms with Crippen LogP contribution in [0.2, 0.25) is 0 Å². The summed E-state index contributed by atoms with van der Waals surface area (Å²) in [5.41, 5.74) is 0.242. The highest BCUT2D eigenvalue weighted by Gasteiger charge is 2.21. The molecule has 0 amide bonds. The lowest BCUT2D eigenvalue weighted by Crippen LogP contribution is -2.40. The molecule has 1 aliphatic heterocycles. The van der Waals surface area contributed by atoms with Crippen molar-refractivity contribution >= 4 is 5.78 Å². The number of carbonyl (C=O) groups excluding carboxylic acids is 1. The third-order valence-electron chi connectivity index (χ3n) is 3.53. The lowest BCUT2D eigenvalue weighted by Gasteiger charge is -2.32. The van der Waals surface area contributed by atoms with Crippen LogP contribution in [0.4, 0.5) is 8.78 Å². The molecule has 0 aromatic heterocycles. The molecule has 1 saturated heterocycles. The number of piperidine rings is 1. The molecule has 0 saturated carbocycles. The molecule has 98 valence electrons. The minimum atomic E-state index is -0.965. The molecule has 4 heteroatoms. The van der Waals surface area contributed by atoms with E-state index in [0.29, 0.717) is 6.04 Å². The number of benzene rings is 1. The summed E-state index contributed by atoms with van der Waals surface area (Å²) in [5.74, 6) is -2.03. The second-order valence-corrected chi connectivity index (χ2v) is 4.87. The molecule has 1 aromatic rings. The first kappa shape index (κ1) is 13.1. The first-order chi connectivity index (χ1) is 8.58. The second-order valence-electron chi connectivity index (χ2n) is 4.87. The maximum absolute atomic E-state index is 13.1.